The lowest BCUT2D eigenvalue weighted by molar-refractivity contribution is 1.03. The van der Waals surface area contributed by atoms with E-state index in [0.29, 0.717) is 0 Å². The van der Waals surface area contributed by atoms with E-state index in [1.165, 1.54) is 39.0 Å². The van der Waals surface area contributed by atoms with Crippen molar-refractivity contribution in [1.29, 1.82) is 0 Å². The summed E-state index contributed by atoms with van der Waals surface area (Å²) >= 11 is 0. The van der Waals surface area contributed by atoms with Crippen LogP contribution in [0.2, 0.25) is 0 Å². The highest BCUT2D eigenvalue weighted by atomic mass is 14.3. The van der Waals surface area contributed by atoms with Crippen molar-refractivity contribution in [3.63, 3.8) is 0 Å². The van der Waals surface area contributed by atoms with Gasteiger partial charge in [0.15, 0.2) is 0 Å². The molecule has 0 N–H and O–H groups in total. The van der Waals surface area contributed by atoms with Gasteiger partial charge in [0, 0.05) is 6.42 Å². The zero-order valence-corrected chi connectivity index (χ0v) is 12.0. The van der Waals surface area contributed by atoms with E-state index >= 15 is 0 Å². The predicted molar refractivity (Wildman–Crippen MR) is 86.4 cm³/mol. The molecule has 0 heterocycles. The Morgan fingerprint density at radius 2 is 1.65 bits per heavy atom. The van der Waals surface area contributed by atoms with Gasteiger partial charge < -0.3 is 0 Å². The third kappa shape index (κ3) is 1.96. The molecule has 1 aliphatic carbocycles. The fraction of sp³-hybridized carbons (Fsp3) is 0.200. The number of fused-ring (bicyclic) bond motifs is 3. The second-order valence-corrected chi connectivity index (χ2v) is 5.50. The number of terminal acetylenes is 1. The highest BCUT2D eigenvalue weighted by molar-refractivity contribution is 6.02. The van der Waals surface area contributed by atoms with E-state index in [1.807, 2.05) is 0 Å². The van der Waals surface area contributed by atoms with Crippen molar-refractivity contribution in [1.82, 2.24) is 0 Å². The zero-order chi connectivity index (χ0) is 14.1. The lowest BCUT2D eigenvalue weighted by Gasteiger charge is -2.06. The largest absolute Gasteiger partial charge is 0.120 e. The van der Waals surface area contributed by atoms with Crippen LogP contribution in [-0.4, -0.2) is 0 Å². The summed E-state index contributed by atoms with van der Waals surface area (Å²) in [5.74, 6) is 2.72. The molecule has 0 radical (unpaired) electrons. The van der Waals surface area contributed by atoms with Crippen LogP contribution >= 0.6 is 0 Å². The predicted octanol–water partition coefficient (Wildman–Crippen LogP) is 5.07. The van der Waals surface area contributed by atoms with E-state index in [-0.39, 0.29) is 0 Å². The van der Waals surface area contributed by atoms with Crippen LogP contribution in [0.5, 0.6) is 0 Å². The summed E-state index contributed by atoms with van der Waals surface area (Å²) < 4.78 is 0. The van der Waals surface area contributed by atoms with Crippen molar-refractivity contribution in [2.75, 3.05) is 0 Å². The molecule has 0 aliphatic heterocycles. The van der Waals surface area contributed by atoms with Gasteiger partial charge in [0.2, 0.25) is 0 Å². The van der Waals surface area contributed by atoms with Gasteiger partial charge in [-0.05, 0) is 53.7 Å². The molecule has 0 heteroatoms. The monoisotopic (exact) mass is 258 g/mol. The molecule has 0 unspecified atom stereocenters. The Balaban J connectivity index is 2.19. The molecule has 2 aromatic rings. The van der Waals surface area contributed by atoms with Crippen LogP contribution in [-0.2, 0) is 6.42 Å². The third-order valence-corrected chi connectivity index (χ3v) is 3.90. The van der Waals surface area contributed by atoms with Crippen LogP contribution in [0.15, 0.2) is 48.0 Å². The van der Waals surface area contributed by atoms with Crippen molar-refractivity contribution >= 4 is 5.57 Å². The number of rotatable bonds is 2. The smallest absolute Gasteiger partial charge is 0.0127 e. The van der Waals surface area contributed by atoms with Gasteiger partial charge in [-0.2, -0.15) is 0 Å². The number of hydrogen-bond acceptors (Lipinski definition) is 0. The minimum Gasteiger partial charge on any atom is -0.120 e. The average molecular weight is 258 g/mol. The third-order valence-electron chi connectivity index (χ3n) is 3.90. The first kappa shape index (κ1) is 12.8. The quantitative estimate of drug-likeness (QED) is 0.563. The summed E-state index contributed by atoms with van der Waals surface area (Å²) in [6, 6.07) is 15.4. The highest BCUT2D eigenvalue weighted by Crippen LogP contribution is 2.45. The van der Waals surface area contributed by atoms with Gasteiger partial charge in [-0.15, -0.1) is 12.3 Å². The Bertz CT molecular complexity index is 735. The molecular formula is C20H18. The molecule has 3 rings (SSSR count). The molecule has 0 spiro atoms. The molecule has 2 aromatic carbocycles. The van der Waals surface area contributed by atoms with E-state index in [4.69, 9.17) is 6.42 Å². The number of hydrogen-bond donors (Lipinski definition) is 0. The zero-order valence-electron chi connectivity index (χ0n) is 12.0. The molecule has 98 valence electrons. The normalized spacial score (nSPS) is 11.8. The standard InChI is InChI=1S/C20H18/c1-4-5-8-15-11-12-18-19(13-15)16-9-6-7-10-17(16)20(18)14(2)3/h1,6-7,9-13H,5,8H2,2-3H3. The van der Waals surface area contributed by atoms with Crippen molar-refractivity contribution in [2.24, 2.45) is 0 Å². The van der Waals surface area contributed by atoms with E-state index < -0.39 is 0 Å². The Morgan fingerprint density at radius 1 is 0.950 bits per heavy atom. The second-order valence-electron chi connectivity index (χ2n) is 5.50. The fourth-order valence-electron chi connectivity index (χ4n) is 3.02. The lowest BCUT2D eigenvalue weighted by Crippen LogP contribution is -1.87. The number of aryl methyl sites for hydroxylation is 1. The number of benzene rings is 2. The van der Waals surface area contributed by atoms with Crippen LogP contribution in [0.4, 0.5) is 0 Å². The van der Waals surface area contributed by atoms with Crippen molar-refractivity contribution in [2.45, 2.75) is 26.7 Å². The first-order valence-electron chi connectivity index (χ1n) is 7.06. The van der Waals surface area contributed by atoms with Crippen LogP contribution in [0, 0.1) is 12.3 Å². The van der Waals surface area contributed by atoms with E-state index in [0.717, 1.165) is 12.8 Å². The van der Waals surface area contributed by atoms with E-state index in [9.17, 15) is 0 Å². The fourth-order valence-corrected chi connectivity index (χ4v) is 3.02. The highest BCUT2D eigenvalue weighted by Gasteiger charge is 2.23. The van der Waals surface area contributed by atoms with Crippen molar-refractivity contribution in [3.05, 3.63) is 64.7 Å². The van der Waals surface area contributed by atoms with Crippen LogP contribution < -0.4 is 0 Å². The Labute approximate surface area is 121 Å². The van der Waals surface area contributed by atoms with E-state index in [2.05, 4.69) is 62.2 Å². The van der Waals surface area contributed by atoms with Gasteiger partial charge in [0.1, 0.15) is 0 Å². The van der Waals surface area contributed by atoms with Crippen LogP contribution in [0.1, 0.15) is 37.0 Å². The molecule has 0 saturated heterocycles. The maximum absolute atomic E-state index is 5.37. The summed E-state index contributed by atoms with van der Waals surface area (Å²) in [6.07, 6.45) is 7.13. The van der Waals surface area contributed by atoms with Gasteiger partial charge in [-0.3, -0.25) is 0 Å². The topological polar surface area (TPSA) is 0 Å². The average Bonchev–Trinajstić information content (AvgIpc) is 2.79. The van der Waals surface area contributed by atoms with Gasteiger partial charge in [0.05, 0.1) is 0 Å². The molecular weight excluding hydrogens is 240 g/mol. The minimum atomic E-state index is 0.802. The first-order chi connectivity index (χ1) is 9.72. The minimum absolute atomic E-state index is 0.802. The summed E-state index contributed by atoms with van der Waals surface area (Å²) in [4.78, 5) is 0. The van der Waals surface area contributed by atoms with E-state index in [1.54, 1.807) is 0 Å². The molecule has 0 saturated carbocycles. The maximum Gasteiger partial charge on any atom is 0.0127 e. The molecule has 0 aromatic heterocycles. The Kier molecular flexibility index (Phi) is 3.20. The van der Waals surface area contributed by atoms with Crippen molar-refractivity contribution in [3.8, 4) is 23.5 Å². The van der Waals surface area contributed by atoms with Gasteiger partial charge >= 0.3 is 0 Å². The molecule has 1 aliphatic rings. The summed E-state index contributed by atoms with van der Waals surface area (Å²) in [6.45, 7) is 4.38. The van der Waals surface area contributed by atoms with Gasteiger partial charge in [-0.1, -0.05) is 48.0 Å². The van der Waals surface area contributed by atoms with Crippen molar-refractivity contribution < 1.29 is 0 Å². The lowest BCUT2D eigenvalue weighted by atomic mass is 9.98. The molecule has 20 heavy (non-hydrogen) atoms. The summed E-state index contributed by atoms with van der Waals surface area (Å²) in [7, 11) is 0. The first-order valence-corrected chi connectivity index (χ1v) is 7.06. The molecule has 0 bridgehead atoms. The van der Waals surface area contributed by atoms with Gasteiger partial charge in [0.25, 0.3) is 0 Å². The molecule has 0 atom stereocenters. The van der Waals surface area contributed by atoms with Crippen LogP contribution in [0.3, 0.4) is 0 Å². The summed E-state index contributed by atoms with van der Waals surface area (Å²) in [5.41, 5.74) is 9.50. The van der Waals surface area contributed by atoms with Gasteiger partial charge in [-0.25, -0.2) is 0 Å². The Morgan fingerprint density at radius 3 is 2.35 bits per heavy atom. The summed E-state index contributed by atoms with van der Waals surface area (Å²) in [5, 5.41) is 0. The van der Waals surface area contributed by atoms with Crippen LogP contribution in [0.25, 0.3) is 16.7 Å². The Hall–Kier alpha value is -2.26. The number of allylic oxidation sites excluding steroid dienone is 1. The SMILES string of the molecule is C#CCCc1ccc2c(c1)-c1ccccc1C2=C(C)C. The molecule has 0 nitrogen and oxygen atoms in total. The second kappa shape index (κ2) is 5.02. The molecule has 0 amide bonds. The molecule has 0 fully saturated rings. The maximum atomic E-state index is 5.37.